The molecule has 4 aromatic heterocycles. The van der Waals surface area contributed by atoms with Crippen molar-refractivity contribution >= 4 is 47.3 Å². The number of hydrogen-bond donors (Lipinski definition) is 6. The zero-order valence-corrected chi connectivity index (χ0v) is 23.0. The summed E-state index contributed by atoms with van der Waals surface area (Å²) in [5.74, 6) is -0.166. The molecule has 2 aliphatic heterocycles. The number of nitrogens with two attached hydrogens (primary N) is 1. The number of anilines is 1. The van der Waals surface area contributed by atoms with Crippen LogP contribution in [0, 0.1) is 0 Å². The molecular weight excluding hydrogens is 606 g/mol. The van der Waals surface area contributed by atoms with Gasteiger partial charge in [0.1, 0.15) is 18.3 Å². The van der Waals surface area contributed by atoms with Crippen LogP contribution < -0.4 is 16.9 Å². The number of imidazole rings is 1. The second-order valence-electron chi connectivity index (χ2n) is 9.52. The molecule has 22 heteroatoms. The highest BCUT2D eigenvalue weighted by Crippen LogP contribution is 2.57. The van der Waals surface area contributed by atoms with Crippen LogP contribution in [0.4, 0.5) is 10.3 Å². The van der Waals surface area contributed by atoms with Crippen molar-refractivity contribution in [1.29, 1.82) is 0 Å². The predicted octanol–water partition coefficient (Wildman–Crippen LogP) is -1.06. The van der Waals surface area contributed by atoms with E-state index in [2.05, 4.69) is 47.5 Å². The van der Waals surface area contributed by atoms with Crippen molar-refractivity contribution < 1.29 is 37.7 Å². The summed E-state index contributed by atoms with van der Waals surface area (Å²) in [6.45, 7) is -5.05. The van der Waals surface area contributed by atoms with Crippen molar-refractivity contribution in [2.24, 2.45) is 0 Å². The fraction of sp³-hybridized carbons (Fsp3) is 0.550. The van der Waals surface area contributed by atoms with Crippen LogP contribution in [0.15, 0.2) is 22.2 Å². The molecule has 2 saturated heterocycles. The average molecular weight is 631 g/mol. The number of aliphatic hydroxyl groups excluding tert-OH is 2. The summed E-state index contributed by atoms with van der Waals surface area (Å²) in [5.41, 5.74) is 4.33. The fourth-order valence-electron chi connectivity index (χ4n) is 4.87. The summed E-state index contributed by atoms with van der Waals surface area (Å²) in [6.07, 6.45) is -6.47. The third kappa shape index (κ3) is 5.22. The highest BCUT2D eigenvalue weighted by Gasteiger charge is 2.48. The van der Waals surface area contributed by atoms with Gasteiger partial charge in [0.15, 0.2) is 41.0 Å². The predicted molar refractivity (Wildman–Crippen MR) is 141 cm³/mol. The molecule has 226 valence electrons. The van der Waals surface area contributed by atoms with Crippen LogP contribution in [0.2, 0.25) is 0 Å². The summed E-state index contributed by atoms with van der Waals surface area (Å²) in [7, 11) is 0. The number of fused-ring (bicyclic) bond motifs is 2. The minimum Gasteiger partial charge on any atom is -0.396 e. The largest absolute Gasteiger partial charge is 0.396 e. The lowest BCUT2D eigenvalue weighted by molar-refractivity contribution is -0.0532. The number of aromatic amines is 2. The zero-order valence-electron chi connectivity index (χ0n) is 21.3. The first-order chi connectivity index (χ1) is 20.1. The maximum atomic E-state index is 15.0. The van der Waals surface area contributed by atoms with E-state index < -0.39 is 67.6 Å². The molecule has 6 heterocycles. The maximum absolute atomic E-state index is 15.0. The van der Waals surface area contributed by atoms with Crippen molar-refractivity contribution in [3.63, 3.8) is 0 Å². The summed E-state index contributed by atoms with van der Waals surface area (Å²) in [5, 5.41) is 27.3. The van der Waals surface area contributed by atoms with Crippen molar-refractivity contribution in [3.05, 3.63) is 33.4 Å². The van der Waals surface area contributed by atoms with Gasteiger partial charge in [-0.25, -0.2) is 18.9 Å². The maximum Gasteiger partial charge on any atom is 0.386 e. The number of nitrogens with zero attached hydrogens (tertiary/aromatic N) is 7. The molecule has 6 N–H and O–H groups in total. The van der Waals surface area contributed by atoms with Gasteiger partial charge in [0, 0.05) is 13.0 Å². The quantitative estimate of drug-likeness (QED) is 0.0951. The molecule has 4 aromatic rings. The average Bonchev–Trinajstić information content (AvgIpc) is 3.70. The Morgan fingerprint density at radius 1 is 1.21 bits per heavy atom. The van der Waals surface area contributed by atoms with Gasteiger partial charge < -0.3 is 30.4 Å². The number of alkyl halides is 1. The number of halogens is 1. The van der Waals surface area contributed by atoms with Crippen LogP contribution in [0.3, 0.4) is 0 Å². The number of aromatic nitrogens is 9. The van der Waals surface area contributed by atoms with Crippen molar-refractivity contribution in [1.82, 2.24) is 44.5 Å². The molecule has 0 amide bonds. The molecular formula is C20H24FN10O9PS. The van der Waals surface area contributed by atoms with E-state index in [1.54, 1.807) is 0 Å². The molecule has 8 atom stereocenters. The minimum absolute atomic E-state index is 0.0230. The van der Waals surface area contributed by atoms with E-state index in [0.29, 0.717) is 0 Å². The first-order valence-corrected chi connectivity index (χ1v) is 15.2. The lowest BCUT2D eigenvalue weighted by Gasteiger charge is -2.24. The Bertz CT molecular complexity index is 1780. The van der Waals surface area contributed by atoms with Gasteiger partial charge in [-0.3, -0.25) is 28.2 Å². The highest BCUT2D eigenvalue weighted by atomic mass is 32.7. The molecule has 2 fully saturated rings. The Morgan fingerprint density at radius 2 is 2.02 bits per heavy atom. The third-order valence-corrected chi connectivity index (χ3v) is 8.44. The number of nitrogens with one attached hydrogen (secondary N) is 2. The Morgan fingerprint density at radius 3 is 2.81 bits per heavy atom. The van der Waals surface area contributed by atoms with Crippen LogP contribution in [-0.2, 0) is 23.1 Å². The molecule has 2 aliphatic rings. The highest BCUT2D eigenvalue weighted by molar-refractivity contribution is 8.44. The van der Waals surface area contributed by atoms with E-state index in [1.807, 2.05) is 0 Å². The van der Waals surface area contributed by atoms with E-state index in [1.165, 1.54) is 10.9 Å². The molecule has 0 aliphatic carbocycles. The molecule has 0 aromatic carbocycles. The molecule has 1 unspecified atom stereocenters. The zero-order chi connectivity index (χ0) is 29.8. The van der Waals surface area contributed by atoms with E-state index >= 15 is 4.39 Å². The summed E-state index contributed by atoms with van der Waals surface area (Å²) >= 11 is 4.04. The summed E-state index contributed by atoms with van der Waals surface area (Å²) in [6, 6.07) is 0. The van der Waals surface area contributed by atoms with E-state index in [0.717, 1.165) is 11.0 Å². The minimum atomic E-state index is -4.23. The third-order valence-electron chi connectivity index (χ3n) is 6.79. The number of rotatable bonds is 9. The van der Waals surface area contributed by atoms with Gasteiger partial charge >= 0.3 is 6.80 Å². The Hall–Kier alpha value is -3.30. The van der Waals surface area contributed by atoms with Crippen molar-refractivity contribution in [3.8, 4) is 0 Å². The molecule has 0 saturated carbocycles. The second kappa shape index (κ2) is 11.1. The molecule has 19 nitrogen and oxygen atoms in total. The Labute approximate surface area is 237 Å². The first-order valence-electron chi connectivity index (χ1n) is 12.5. The van der Waals surface area contributed by atoms with Gasteiger partial charge in [-0.15, -0.1) is 5.10 Å². The van der Waals surface area contributed by atoms with E-state index in [-0.39, 0.29) is 47.7 Å². The standard InChI is InChI=1S/C20H24FN10O9PS/c21-10-13(33)9(39-19(10)31-14-12(28-29-31)16(34)24-5-23-14)4-37-41(36,42)40-8-3-7(1-2-32)38-18(8)30-6-25-11-15(30)26-20(22)27-17(11)35/h5-10,13,18-19,32-33H,1-4H2,(H,36,42)(H,23,24,34)(H3,22,26,27,35)/t7-,8-,9-,10+,13-,18-,19-,41?/m1/s1. The van der Waals surface area contributed by atoms with Crippen LogP contribution in [0.5, 0.6) is 0 Å². The molecule has 0 radical (unpaired) electrons. The van der Waals surface area contributed by atoms with Gasteiger partial charge in [-0.05, 0) is 6.42 Å². The number of thiol groups is 1. The normalized spacial score (nSPS) is 29.5. The SMILES string of the molecule is Nc1nc2c(ncn2[C@@H]2O[C@H](CCO)C[C@H]2OP(=O)(S)OC[C@H]2O[C@@H](n3nnc4c(=O)[nH]cnc43)[C@@H](F)[C@@H]2O)c(=O)[nH]1. The molecule has 6 rings (SSSR count). The molecule has 0 spiro atoms. The summed E-state index contributed by atoms with van der Waals surface area (Å²) < 4.78 is 53.2. The second-order valence-corrected chi connectivity index (χ2v) is 12.4. The van der Waals surface area contributed by atoms with Gasteiger partial charge in [0.05, 0.1) is 25.4 Å². The van der Waals surface area contributed by atoms with Crippen molar-refractivity contribution in [2.75, 3.05) is 18.9 Å². The number of aliphatic hydroxyl groups is 2. The van der Waals surface area contributed by atoms with Gasteiger partial charge in [-0.2, -0.15) is 9.67 Å². The smallest absolute Gasteiger partial charge is 0.386 e. The first kappa shape index (κ1) is 28.8. The summed E-state index contributed by atoms with van der Waals surface area (Å²) in [4.78, 5) is 40.9. The number of H-pyrrole nitrogens is 2. The van der Waals surface area contributed by atoms with Crippen LogP contribution in [0.1, 0.15) is 25.3 Å². The molecule has 42 heavy (non-hydrogen) atoms. The topological polar surface area (TPSA) is 260 Å². The molecule has 0 bridgehead atoms. The van der Waals surface area contributed by atoms with Gasteiger partial charge in [0.2, 0.25) is 5.95 Å². The Kier molecular flexibility index (Phi) is 7.60. The lowest BCUT2D eigenvalue weighted by Crippen LogP contribution is -2.31. The van der Waals surface area contributed by atoms with Gasteiger partial charge in [-0.1, -0.05) is 17.5 Å². The van der Waals surface area contributed by atoms with Crippen molar-refractivity contribution in [2.45, 2.75) is 55.9 Å². The Balaban J connectivity index is 1.17. The van der Waals surface area contributed by atoms with Gasteiger partial charge in [0.25, 0.3) is 11.1 Å². The number of ether oxygens (including phenoxy) is 2. The monoisotopic (exact) mass is 630 g/mol. The van der Waals surface area contributed by atoms with Crippen LogP contribution in [-0.4, -0.2) is 98.5 Å². The van der Waals surface area contributed by atoms with E-state index in [9.17, 15) is 24.4 Å². The lowest BCUT2D eigenvalue weighted by atomic mass is 10.1. The van der Waals surface area contributed by atoms with Crippen LogP contribution in [0.25, 0.3) is 22.3 Å². The van der Waals surface area contributed by atoms with Crippen LogP contribution >= 0.6 is 19.0 Å². The number of hydrogen-bond acceptors (Lipinski definition) is 15. The fourth-order valence-corrected chi connectivity index (χ4v) is 6.36. The number of nitrogen functional groups attached to an aromatic ring is 1. The van der Waals surface area contributed by atoms with E-state index in [4.69, 9.17) is 24.3 Å².